The van der Waals surface area contributed by atoms with Gasteiger partial charge < -0.3 is 14.6 Å². The minimum absolute atomic E-state index is 0.140. The second-order valence-electron chi connectivity index (χ2n) is 8.60. The molecule has 0 atom stereocenters. The van der Waals surface area contributed by atoms with E-state index in [0.717, 1.165) is 59.9 Å². The smallest absolute Gasteiger partial charge is 0.406 e. The lowest BCUT2D eigenvalue weighted by molar-refractivity contribution is -0.274. The summed E-state index contributed by atoms with van der Waals surface area (Å²) < 4.78 is 43.4. The summed E-state index contributed by atoms with van der Waals surface area (Å²) in [6.45, 7) is 4.90. The average molecular weight is 472 g/mol. The second kappa shape index (κ2) is 10.3. The minimum Gasteiger partial charge on any atom is -0.406 e. The lowest BCUT2D eigenvalue weighted by Gasteiger charge is -2.29. The molecule has 1 aliphatic rings. The highest BCUT2D eigenvalue weighted by atomic mass is 19.4. The van der Waals surface area contributed by atoms with Gasteiger partial charge in [-0.25, -0.2) is 0 Å². The molecular formula is C26H28F3N3O2. The Bertz CT molecular complexity index is 1180. The molecule has 1 N–H and O–H groups in total. The summed E-state index contributed by atoms with van der Waals surface area (Å²) in [5.41, 5.74) is 4.16. The van der Waals surface area contributed by atoms with E-state index in [1.807, 2.05) is 23.8 Å². The summed E-state index contributed by atoms with van der Waals surface area (Å²) in [7, 11) is 0. The topological polar surface area (TPSA) is 46.5 Å². The van der Waals surface area contributed by atoms with Crippen LogP contribution in [0.15, 0.2) is 54.7 Å². The van der Waals surface area contributed by atoms with Crippen molar-refractivity contribution in [2.45, 2.75) is 39.1 Å². The van der Waals surface area contributed by atoms with E-state index in [4.69, 9.17) is 0 Å². The van der Waals surface area contributed by atoms with Crippen LogP contribution < -0.4 is 10.1 Å². The molecule has 0 spiro atoms. The Morgan fingerprint density at radius 1 is 1.12 bits per heavy atom. The van der Waals surface area contributed by atoms with E-state index in [1.54, 1.807) is 12.3 Å². The van der Waals surface area contributed by atoms with Crippen molar-refractivity contribution < 1.29 is 22.7 Å². The Hall–Kier alpha value is -3.26. The number of aryl methyl sites for hydroxylation is 1. The number of hydrogen-bond donors (Lipinski definition) is 1. The predicted molar refractivity (Wildman–Crippen MR) is 126 cm³/mol. The molecule has 4 rings (SSSR count). The second-order valence-corrected chi connectivity index (χ2v) is 8.60. The highest BCUT2D eigenvalue weighted by Gasteiger charge is 2.31. The van der Waals surface area contributed by atoms with Crippen LogP contribution >= 0.6 is 0 Å². The Balaban J connectivity index is 1.19. The lowest BCUT2D eigenvalue weighted by Crippen LogP contribution is -2.32. The first-order chi connectivity index (χ1) is 16.3. The third kappa shape index (κ3) is 6.41. The number of fused-ring (bicyclic) bond motifs is 2. The Labute approximate surface area is 196 Å². The first-order valence-electron chi connectivity index (χ1n) is 11.4. The van der Waals surface area contributed by atoms with Crippen LogP contribution in [-0.2, 0) is 17.8 Å². The lowest BCUT2D eigenvalue weighted by atomic mass is 9.99. The van der Waals surface area contributed by atoms with E-state index >= 15 is 0 Å². The van der Waals surface area contributed by atoms with Crippen molar-refractivity contribution >= 4 is 23.0 Å². The van der Waals surface area contributed by atoms with Gasteiger partial charge in [0, 0.05) is 38.1 Å². The minimum atomic E-state index is -4.68. The molecule has 2 heterocycles. The highest BCUT2D eigenvalue weighted by molar-refractivity contribution is 5.91. The number of nitrogens with zero attached hydrogens (tertiary/aromatic N) is 2. The number of carbonyl (C=O) groups is 1. The molecular weight excluding hydrogens is 443 g/mol. The van der Waals surface area contributed by atoms with E-state index in [9.17, 15) is 18.0 Å². The van der Waals surface area contributed by atoms with E-state index < -0.39 is 6.36 Å². The van der Waals surface area contributed by atoms with Gasteiger partial charge in [0.15, 0.2) is 0 Å². The highest BCUT2D eigenvalue weighted by Crippen LogP contribution is 2.28. The monoisotopic (exact) mass is 471 g/mol. The molecule has 0 bridgehead atoms. The van der Waals surface area contributed by atoms with Crippen molar-refractivity contribution in [3.63, 3.8) is 0 Å². The molecule has 1 aromatic heterocycles. The van der Waals surface area contributed by atoms with Crippen LogP contribution in [0.4, 0.5) is 13.2 Å². The molecule has 1 aliphatic heterocycles. The number of nitrogens with one attached hydrogen (secondary N) is 1. The molecule has 180 valence electrons. The van der Waals surface area contributed by atoms with Gasteiger partial charge in [-0.3, -0.25) is 9.69 Å². The largest absolute Gasteiger partial charge is 0.573 e. The van der Waals surface area contributed by atoms with Gasteiger partial charge in [0.25, 0.3) is 0 Å². The number of aromatic nitrogens is 1. The number of alkyl halides is 3. The maximum Gasteiger partial charge on any atom is 0.573 e. The van der Waals surface area contributed by atoms with E-state index in [2.05, 4.69) is 33.2 Å². The molecule has 8 heteroatoms. The third-order valence-electron chi connectivity index (χ3n) is 5.97. The molecule has 2 aromatic carbocycles. The van der Waals surface area contributed by atoms with Gasteiger partial charge in [-0.2, -0.15) is 0 Å². The summed E-state index contributed by atoms with van der Waals surface area (Å²) in [5, 5.41) is 4.03. The van der Waals surface area contributed by atoms with Crippen molar-refractivity contribution in [1.29, 1.82) is 0 Å². The summed E-state index contributed by atoms with van der Waals surface area (Å²) in [6, 6.07) is 12.8. The quantitative estimate of drug-likeness (QED) is 0.360. The molecule has 0 fully saturated rings. The van der Waals surface area contributed by atoms with Gasteiger partial charge in [0.1, 0.15) is 5.75 Å². The van der Waals surface area contributed by atoms with Crippen molar-refractivity contribution in [2.75, 3.05) is 19.6 Å². The predicted octanol–water partition coefficient (Wildman–Crippen LogP) is 5.27. The number of amides is 1. The molecule has 5 nitrogen and oxygen atoms in total. The van der Waals surface area contributed by atoms with Crippen molar-refractivity contribution in [3.8, 4) is 5.75 Å². The van der Waals surface area contributed by atoms with Crippen LogP contribution in [0.1, 0.15) is 29.5 Å². The molecule has 0 saturated heterocycles. The number of benzene rings is 2. The van der Waals surface area contributed by atoms with Gasteiger partial charge in [0.2, 0.25) is 5.91 Å². The van der Waals surface area contributed by atoms with Crippen LogP contribution in [0.25, 0.3) is 17.1 Å². The van der Waals surface area contributed by atoms with Gasteiger partial charge in [0.05, 0.1) is 5.52 Å². The van der Waals surface area contributed by atoms with E-state index in [1.165, 1.54) is 18.2 Å². The summed E-state index contributed by atoms with van der Waals surface area (Å²) >= 11 is 0. The number of carbonyl (C=O) groups excluding carboxylic acids is 1. The van der Waals surface area contributed by atoms with Crippen molar-refractivity contribution in [1.82, 2.24) is 14.8 Å². The zero-order valence-electron chi connectivity index (χ0n) is 19.1. The van der Waals surface area contributed by atoms with Gasteiger partial charge >= 0.3 is 6.36 Å². The molecule has 1 amide bonds. The zero-order chi connectivity index (χ0) is 24.1. The summed E-state index contributed by atoms with van der Waals surface area (Å²) in [4.78, 5) is 14.4. The molecule has 0 radical (unpaired) electrons. The fourth-order valence-corrected chi connectivity index (χ4v) is 4.25. The zero-order valence-corrected chi connectivity index (χ0v) is 19.1. The fourth-order valence-electron chi connectivity index (χ4n) is 4.25. The van der Waals surface area contributed by atoms with Crippen LogP contribution in [0.2, 0.25) is 0 Å². The fraction of sp³-hybridized carbons (Fsp3) is 0.346. The van der Waals surface area contributed by atoms with Gasteiger partial charge in [-0.1, -0.05) is 18.2 Å². The SMILES string of the molecule is Cc1ccc2ccn(/C=C/C(=O)NCCCCN3CCc4ccc(OC(F)(F)F)cc4C3)c2c1. The third-order valence-corrected chi connectivity index (χ3v) is 5.97. The number of ether oxygens (including phenoxy) is 1. The number of unbranched alkanes of at least 4 members (excludes halogenated alkanes) is 1. The maximum absolute atomic E-state index is 12.5. The standard InChI is InChI=1S/C26H28F3N3O2/c1-19-4-5-21-9-14-32(24(21)16-19)15-10-25(33)30-11-2-3-12-31-13-8-20-6-7-23(17-22(20)18-31)34-26(27,28)29/h4-7,9-10,14-17H,2-3,8,11-13,18H2,1H3,(H,30,33)/b15-10+. The Morgan fingerprint density at radius 2 is 1.97 bits per heavy atom. The molecule has 34 heavy (non-hydrogen) atoms. The molecule has 0 saturated carbocycles. The number of hydrogen-bond acceptors (Lipinski definition) is 3. The molecule has 0 unspecified atom stereocenters. The first kappa shape index (κ1) is 23.9. The van der Waals surface area contributed by atoms with Crippen molar-refractivity contribution in [2.24, 2.45) is 0 Å². The number of rotatable bonds is 8. The molecule has 3 aromatic rings. The summed E-state index contributed by atoms with van der Waals surface area (Å²) in [5.74, 6) is -0.314. The maximum atomic E-state index is 12.5. The van der Waals surface area contributed by atoms with Crippen molar-refractivity contribution in [3.05, 3.63) is 71.4 Å². The Morgan fingerprint density at radius 3 is 2.79 bits per heavy atom. The number of halogens is 3. The Kier molecular flexibility index (Phi) is 7.26. The van der Waals surface area contributed by atoms with E-state index in [-0.39, 0.29) is 11.7 Å². The normalized spacial score (nSPS) is 14.5. The molecule has 0 aliphatic carbocycles. The van der Waals surface area contributed by atoms with E-state index in [0.29, 0.717) is 13.1 Å². The average Bonchev–Trinajstić information content (AvgIpc) is 3.18. The van der Waals surface area contributed by atoms with Gasteiger partial charge in [-0.05, 0) is 79.1 Å². The van der Waals surface area contributed by atoms with Gasteiger partial charge in [-0.15, -0.1) is 13.2 Å². The van der Waals surface area contributed by atoms with Crippen LogP contribution in [0.3, 0.4) is 0 Å². The summed E-state index contributed by atoms with van der Waals surface area (Å²) in [6.07, 6.45) is 3.06. The van der Waals surface area contributed by atoms with Crippen LogP contribution in [0, 0.1) is 6.92 Å². The first-order valence-corrected chi connectivity index (χ1v) is 11.4. The van der Waals surface area contributed by atoms with Crippen LogP contribution in [0.5, 0.6) is 5.75 Å². The van der Waals surface area contributed by atoms with Crippen LogP contribution in [-0.4, -0.2) is 41.4 Å².